The zero-order valence-corrected chi connectivity index (χ0v) is 18.4. The Hall–Kier alpha value is -3.00. The summed E-state index contributed by atoms with van der Waals surface area (Å²) in [5.74, 6) is -1.85. The fourth-order valence-electron chi connectivity index (χ4n) is 3.60. The third-order valence-electron chi connectivity index (χ3n) is 4.98. The van der Waals surface area contributed by atoms with Crippen molar-refractivity contribution in [1.82, 2.24) is 19.7 Å². The molecule has 0 fully saturated rings. The van der Waals surface area contributed by atoms with Gasteiger partial charge < -0.3 is 9.30 Å². The summed E-state index contributed by atoms with van der Waals surface area (Å²) in [4.78, 5) is 13.7. The quantitative estimate of drug-likeness (QED) is 0.467. The van der Waals surface area contributed by atoms with Crippen molar-refractivity contribution in [2.24, 2.45) is 0 Å². The average Bonchev–Trinajstić information content (AvgIpc) is 3.10. The smallest absolute Gasteiger partial charge is 0.444 e. The summed E-state index contributed by atoms with van der Waals surface area (Å²) in [5.41, 5.74) is -4.75. The van der Waals surface area contributed by atoms with Crippen LogP contribution in [0.2, 0.25) is 0 Å². The van der Waals surface area contributed by atoms with E-state index in [9.17, 15) is 44.3 Å². The van der Waals surface area contributed by atoms with Gasteiger partial charge in [0.05, 0.1) is 17.2 Å². The zero-order chi connectivity index (χ0) is 26.6. The minimum atomic E-state index is -5.13. The molecule has 0 saturated carbocycles. The van der Waals surface area contributed by atoms with E-state index in [1.807, 2.05) is 0 Å². The molecule has 2 aromatic rings. The Balaban J connectivity index is 2.11. The van der Waals surface area contributed by atoms with E-state index in [1.165, 1.54) is 20.8 Å². The highest BCUT2D eigenvalue weighted by Gasteiger charge is 2.44. The van der Waals surface area contributed by atoms with Crippen LogP contribution in [-0.2, 0) is 36.2 Å². The van der Waals surface area contributed by atoms with Gasteiger partial charge in [-0.15, -0.1) is 10.2 Å². The van der Waals surface area contributed by atoms with Crippen molar-refractivity contribution in [2.45, 2.75) is 63.9 Å². The molecule has 0 saturated heterocycles. The molecule has 35 heavy (non-hydrogen) atoms. The Morgan fingerprint density at radius 2 is 1.43 bits per heavy atom. The molecular formula is C20H19F9N4O2. The number of alkyl halides is 9. The number of hydrogen-bond donors (Lipinski definition) is 0. The van der Waals surface area contributed by atoms with Gasteiger partial charge >= 0.3 is 24.6 Å². The minimum Gasteiger partial charge on any atom is -0.444 e. The Bertz CT molecular complexity index is 1070. The third-order valence-corrected chi connectivity index (χ3v) is 4.98. The van der Waals surface area contributed by atoms with Crippen LogP contribution < -0.4 is 0 Å². The lowest BCUT2D eigenvalue weighted by Gasteiger charge is -2.37. The fourth-order valence-corrected chi connectivity index (χ4v) is 3.60. The van der Waals surface area contributed by atoms with E-state index >= 15 is 0 Å². The number of amides is 1. The molecule has 1 aromatic carbocycles. The normalized spacial score (nSPS) is 17.4. The Morgan fingerprint density at radius 1 is 0.886 bits per heavy atom. The molecule has 1 aromatic heterocycles. The standard InChI is InChI=1S/C20H19F9N4O2/c1-17(2,3)35-16(34)32-4-5-33-14(30-31-15(33)20(27,28)29)13(32)8-10-6-11(18(21,22)23)9-12(7-10)19(24,25)26/h6-7,9,13H,4-5,8H2,1-3H3. The van der Waals surface area contributed by atoms with E-state index in [4.69, 9.17) is 4.74 Å². The number of fused-ring (bicyclic) bond motifs is 1. The van der Waals surface area contributed by atoms with Crippen molar-refractivity contribution < 1.29 is 49.0 Å². The molecule has 1 amide bonds. The molecule has 0 bridgehead atoms. The highest BCUT2D eigenvalue weighted by molar-refractivity contribution is 5.69. The molecule has 2 heterocycles. The molecule has 194 valence electrons. The number of aromatic nitrogens is 3. The van der Waals surface area contributed by atoms with Crippen LogP contribution >= 0.6 is 0 Å². The lowest BCUT2D eigenvalue weighted by Crippen LogP contribution is -2.46. The highest BCUT2D eigenvalue weighted by Crippen LogP contribution is 2.39. The van der Waals surface area contributed by atoms with Crippen molar-refractivity contribution in [3.63, 3.8) is 0 Å². The van der Waals surface area contributed by atoms with Gasteiger partial charge in [-0.2, -0.15) is 39.5 Å². The number of hydrogen-bond acceptors (Lipinski definition) is 4. The predicted octanol–water partition coefficient (Wildman–Crippen LogP) is 5.87. The Kier molecular flexibility index (Phi) is 6.53. The maximum absolute atomic E-state index is 13.3. The summed E-state index contributed by atoms with van der Waals surface area (Å²) in [6, 6.07) is -0.655. The number of ether oxygens (including phenoxy) is 1. The number of rotatable bonds is 2. The van der Waals surface area contributed by atoms with E-state index in [-0.39, 0.29) is 12.6 Å². The number of carbonyl (C=O) groups excluding carboxylic acids is 1. The summed E-state index contributed by atoms with van der Waals surface area (Å²) in [5, 5.41) is 6.56. The van der Waals surface area contributed by atoms with Crippen LogP contribution in [0.25, 0.3) is 0 Å². The van der Waals surface area contributed by atoms with Crippen molar-refractivity contribution in [1.29, 1.82) is 0 Å². The monoisotopic (exact) mass is 518 g/mol. The molecule has 3 rings (SSSR count). The summed E-state index contributed by atoms with van der Waals surface area (Å²) >= 11 is 0. The van der Waals surface area contributed by atoms with Gasteiger partial charge in [0.15, 0.2) is 5.82 Å². The summed E-state index contributed by atoms with van der Waals surface area (Å²) in [6.07, 6.45) is -16.9. The van der Waals surface area contributed by atoms with Crippen LogP contribution in [0.4, 0.5) is 44.3 Å². The first-order valence-electron chi connectivity index (χ1n) is 10.1. The molecule has 1 aliphatic heterocycles. The Morgan fingerprint density at radius 3 is 1.89 bits per heavy atom. The van der Waals surface area contributed by atoms with E-state index in [0.717, 1.165) is 4.90 Å². The second-order valence-corrected chi connectivity index (χ2v) is 8.84. The minimum absolute atomic E-state index is 0.0692. The van der Waals surface area contributed by atoms with Crippen LogP contribution in [0, 0.1) is 0 Å². The molecular weight excluding hydrogens is 499 g/mol. The largest absolute Gasteiger partial charge is 0.451 e. The summed E-state index contributed by atoms with van der Waals surface area (Å²) in [6.45, 7) is 3.74. The van der Waals surface area contributed by atoms with Crippen molar-refractivity contribution in [2.75, 3.05) is 6.54 Å². The van der Waals surface area contributed by atoms with Crippen LogP contribution in [0.1, 0.15) is 55.2 Å². The van der Waals surface area contributed by atoms with Gasteiger partial charge in [-0.3, -0.25) is 4.90 Å². The second kappa shape index (κ2) is 8.59. The second-order valence-electron chi connectivity index (χ2n) is 8.84. The van der Waals surface area contributed by atoms with E-state index in [0.29, 0.717) is 16.7 Å². The molecule has 1 aliphatic rings. The van der Waals surface area contributed by atoms with Crippen molar-refractivity contribution in [3.05, 3.63) is 46.5 Å². The molecule has 0 spiro atoms. The molecule has 6 nitrogen and oxygen atoms in total. The van der Waals surface area contributed by atoms with Crippen molar-refractivity contribution >= 4 is 6.09 Å². The van der Waals surface area contributed by atoms with Gasteiger partial charge in [0, 0.05) is 19.5 Å². The molecule has 1 atom stereocenters. The molecule has 15 heteroatoms. The van der Waals surface area contributed by atoms with E-state index in [1.54, 1.807) is 0 Å². The van der Waals surface area contributed by atoms with Crippen LogP contribution in [0.5, 0.6) is 0 Å². The molecule has 0 N–H and O–H groups in total. The van der Waals surface area contributed by atoms with Gasteiger partial charge in [0.2, 0.25) is 5.82 Å². The maximum atomic E-state index is 13.3. The SMILES string of the molecule is CC(C)(C)OC(=O)N1CCn2c(nnc2C(F)(F)F)C1Cc1cc(C(F)(F)F)cc(C(F)(F)F)c1. The molecule has 0 aliphatic carbocycles. The lowest BCUT2D eigenvalue weighted by molar-refractivity contribution is -0.148. The van der Waals surface area contributed by atoms with Crippen LogP contribution in [-0.4, -0.2) is 37.9 Å². The van der Waals surface area contributed by atoms with Crippen LogP contribution in [0.15, 0.2) is 18.2 Å². The Labute approximate surface area is 192 Å². The van der Waals surface area contributed by atoms with Gasteiger partial charge in [0.25, 0.3) is 0 Å². The number of nitrogens with zero attached hydrogens (tertiary/aromatic N) is 4. The van der Waals surface area contributed by atoms with Gasteiger partial charge in [-0.25, -0.2) is 4.79 Å². The first kappa shape index (κ1) is 26.6. The molecule has 1 unspecified atom stereocenters. The first-order chi connectivity index (χ1) is 15.8. The van der Waals surface area contributed by atoms with E-state index < -0.39 is 77.6 Å². The van der Waals surface area contributed by atoms with Crippen LogP contribution in [0.3, 0.4) is 0 Å². The number of benzene rings is 1. The maximum Gasteiger partial charge on any atom is 0.451 e. The predicted molar refractivity (Wildman–Crippen MR) is 101 cm³/mol. The highest BCUT2D eigenvalue weighted by atomic mass is 19.4. The van der Waals surface area contributed by atoms with Crippen molar-refractivity contribution in [3.8, 4) is 0 Å². The lowest BCUT2D eigenvalue weighted by atomic mass is 9.97. The molecule has 0 radical (unpaired) electrons. The van der Waals surface area contributed by atoms with Gasteiger partial charge in [0.1, 0.15) is 5.60 Å². The topological polar surface area (TPSA) is 60.2 Å². The summed E-state index contributed by atoms with van der Waals surface area (Å²) < 4.78 is 126. The zero-order valence-electron chi connectivity index (χ0n) is 18.4. The van der Waals surface area contributed by atoms with E-state index in [2.05, 4.69) is 10.2 Å². The fraction of sp³-hybridized carbons (Fsp3) is 0.550. The number of halogens is 9. The van der Waals surface area contributed by atoms with Gasteiger partial charge in [-0.05, 0) is 44.5 Å². The average molecular weight is 518 g/mol. The first-order valence-corrected chi connectivity index (χ1v) is 10.1. The third kappa shape index (κ3) is 5.99. The summed E-state index contributed by atoms with van der Waals surface area (Å²) in [7, 11) is 0. The van der Waals surface area contributed by atoms with Gasteiger partial charge in [-0.1, -0.05) is 0 Å². The number of carbonyl (C=O) groups is 1.